The van der Waals surface area contributed by atoms with Gasteiger partial charge in [0.2, 0.25) is 0 Å². The molecule has 2 aromatic carbocycles. The summed E-state index contributed by atoms with van der Waals surface area (Å²) in [5, 5.41) is 1.15. The van der Waals surface area contributed by atoms with Gasteiger partial charge in [-0.3, -0.25) is 4.79 Å². The van der Waals surface area contributed by atoms with Gasteiger partial charge in [-0.1, -0.05) is 48.5 Å². The van der Waals surface area contributed by atoms with Gasteiger partial charge < -0.3 is 4.98 Å². The zero-order valence-corrected chi connectivity index (χ0v) is 9.89. The van der Waals surface area contributed by atoms with E-state index in [0.29, 0.717) is 6.42 Å². The number of rotatable bonds is 3. The van der Waals surface area contributed by atoms with Crippen LogP contribution >= 0.6 is 0 Å². The predicted molar refractivity (Wildman–Crippen MR) is 72.8 cm³/mol. The van der Waals surface area contributed by atoms with E-state index < -0.39 is 0 Å². The molecule has 0 spiro atoms. The number of hydrogen-bond donors (Lipinski definition) is 1. The molecule has 0 radical (unpaired) electrons. The van der Waals surface area contributed by atoms with Crippen LogP contribution in [-0.4, -0.2) is 10.8 Å². The molecule has 0 aliphatic rings. The van der Waals surface area contributed by atoms with Crippen molar-refractivity contribution in [2.24, 2.45) is 0 Å². The van der Waals surface area contributed by atoms with Crippen molar-refractivity contribution in [3.05, 3.63) is 71.9 Å². The largest absolute Gasteiger partial charge is 0.358 e. The Morgan fingerprint density at radius 1 is 0.944 bits per heavy atom. The molecule has 0 amide bonds. The monoisotopic (exact) mass is 235 g/mol. The molecule has 1 heterocycles. The van der Waals surface area contributed by atoms with Gasteiger partial charge in [0.25, 0.3) is 0 Å². The van der Waals surface area contributed by atoms with Crippen LogP contribution in [0.2, 0.25) is 0 Å². The van der Waals surface area contributed by atoms with Crippen molar-refractivity contribution < 1.29 is 4.79 Å². The van der Waals surface area contributed by atoms with Gasteiger partial charge >= 0.3 is 0 Å². The average molecular weight is 235 g/mol. The van der Waals surface area contributed by atoms with E-state index >= 15 is 0 Å². The number of aromatic nitrogens is 1. The van der Waals surface area contributed by atoms with Crippen molar-refractivity contribution in [2.45, 2.75) is 6.42 Å². The smallest absolute Gasteiger partial charge is 0.168 e. The Hall–Kier alpha value is -2.35. The Kier molecular flexibility index (Phi) is 2.69. The number of carbonyl (C=O) groups excluding carboxylic acids is 1. The summed E-state index contributed by atoms with van der Waals surface area (Å²) in [5.41, 5.74) is 2.80. The number of carbonyl (C=O) groups is 1. The van der Waals surface area contributed by atoms with Crippen molar-refractivity contribution in [1.29, 1.82) is 0 Å². The highest BCUT2D eigenvalue weighted by molar-refractivity contribution is 5.97. The second-order valence-electron chi connectivity index (χ2n) is 4.35. The highest BCUT2D eigenvalue weighted by Gasteiger charge is 2.08. The molecule has 0 bridgehead atoms. The highest BCUT2D eigenvalue weighted by atomic mass is 16.1. The molecular weight excluding hydrogens is 222 g/mol. The number of aromatic amines is 1. The molecule has 1 N–H and O–H groups in total. The van der Waals surface area contributed by atoms with Crippen LogP contribution in [0, 0.1) is 0 Å². The maximum atomic E-state index is 12.1. The third kappa shape index (κ3) is 2.05. The first-order valence-corrected chi connectivity index (χ1v) is 5.98. The quantitative estimate of drug-likeness (QED) is 0.691. The molecular formula is C16H13NO. The van der Waals surface area contributed by atoms with Crippen LogP contribution in [0.25, 0.3) is 10.9 Å². The van der Waals surface area contributed by atoms with E-state index in [0.717, 1.165) is 22.2 Å². The van der Waals surface area contributed by atoms with E-state index in [1.807, 2.05) is 60.7 Å². The molecule has 2 nitrogen and oxygen atoms in total. The van der Waals surface area contributed by atoms with Crippen molar-refractivity contribution in [1.82, 2.24) is 4.98 Å². The van der Waals surface area contributed by atoms with E-state index in [1.54, 1.807) is 0 Å². The standard InChI is InChI=1S/C16H13NO/c18-16(12-6-2-1-3-7-12)11-14-10-13-8-4-5-9-15(13)17-14/h1-10,17H,11H2. The molecule has 88 valence electrons. The Bertz CT molecular complexity index is 649. The third-order valence-electron chi connectivity index (χ3n) is 3.03. The van der Waals surface area contributed by atoms with E-state index in [-0.39, 0.29) is 5.78 Å². The van der Waals surface area contributed by atoms with Crippen LogP contribution in [-0.2, 0) is 6.42 Å². The van der Waals surface area contributed by atoms with Crippen molar-refractivity contribution in [2.75, 3.05) is 0 Å². The molecule has 0 aliphatic carbocycles. The van der Waals surface area contributed by atoms with Gasteiger partial charge in [0, 0.05) is 16.8 Å². The van der Waals surface area contributed by atoms with Gasteiger partial charge in [0.05, 0.1) is 6.42 Å². The first-order valence-electron chi connectivity index (χ1n) is 5.98. The maximum absolute atomic E-state index is 12.1. The molecule has 0 aliphatic heterocycles. The summed E-state index contributed by atoms with van der Waals surface area (Å²) in [7, 11) is 0. The van der Waals surface area contributed by atoms with Crippen LogP contribution in [0.1, 0.15) is 16.1 Å². The van der Waals surface area contributed by atoms with E-state index in [2.05, 4.69) is 4.98 Å². The number of nitrogens with one attached hydrogen (secondary N) is 1. The average Bonchev–Trinajstić information content (AvgIpc) is 2.82. The summed E-state index contributed by atoms with van der Waals surface area (Å²) in [6, 6.07) is 19.5. The number of para-hydroxylation sites is 1. The Morgan fingerprint density at radius 2 is 1.67 bits per heavy atom. The number of ketones is 1. The molecule has 3 aromatic rings. The van der Waals surface area contributed by atoms with Gasteiger partial charge in [-0.15, -0.1) is 0 Å². The predicted octanol–water partition coefficient (Wildman–Crippen LogP) is 3.59. The van der Waals surface area contributed by atoms with Crippen LogP contribution in [0.5, 0.6) is 0 Å². The Labute approximate surface area is 105 Å². The van der Waals surface area contributed by atoms with Crippen molar-refractivity contribution >= 4 is 16.7 Å². The topological polar surface area (TPSA) is 32.9 Å². The molecule has 1 aromatic heterocycles. The molecule has 0 fully saturated rings. The highest BCUT2D eigenvalue weighted by Crippen LogP contribution is 2.16. The normalized spacial score (nSPS) is 10.7. The summed E-state index contributed by atoms with van der Waals surface area (Å²) in [6.07, 6.45) is 0.415. The van der Waals surface area contributed by atoms with Crippen LogP contribution < -0.4 is 0 Å². The number of Topliss-reactive ketones (excluding diaryl/α,β-unsaturated/α-hetero) is 1. The fourth-order valence-electron chi connectivity index (χ4n) is 2.13. The molecule has 0 saturated carbocycles. The lowest BCUT2D eigenvalue weighted by Crippen LogP contribution is -2.03. The first kappa shape index (κ1) is 10.8. The molecule has 3 rings (SSSR count). The maximum Gasteiger partial charge on any atom is 0.168 e. The molecule has 0 saturated heterocycles. The van der Waals surface area contributed by atoms with Gasteiger partial charge in [-0.25, -0.2) is 0 Å². The lowest BCUT2D eigenvalue weighted by Gasteiger charge is -1.98. The minimum Gasteiger partial charge on any atom is -0.358 e. The first-order chi connectivity index (χ1) is 8.83. The summed E-state index contributed by atoms with van der Waals surface area (Å²) in [6.45, 7) is 0. The van der Waals surface area contributed by atoms with Crippen LogP contribution in [0.15, 0.2) is 60.7 Å². The minimum atomic E-state index is 0.141. The summed E-state index contributed by atoms with van der Waals surface area (Å²) < 4.78 is 0. The SMILES string of the molecule is O=C(Cc1cc2ccccc2[nH]1)c1ccccc1. The number of hydrogen-bond acceptors (Lipinski definition) is 1. The molecule has 0 unspecified atom stereocenters. The van der Waals surface area contributed by atoms with Gasteiger partial charge in [0.15, 0.2) is 5.78 Å². The number of H-pyrrole nitrogens is 1. The Morgan fingerprint density at radius 3 is 2.44 bits per heavy atom. The number of fused-ring (bicyclic) bond motifs is 1. The van der Waals surface area contributed by atoms with E-state index in [9.17, 15) is 4.79 Å². The number of benzene rings is 2. The van der Waals surface area contributed by atoms with E-state index in [1.165, 1.54) is 0 Å². The second-order valence-corrected chi connectivity index (χ2v) is 4.35. The fourth-order valence-corrected chi connectivity index (χ4v) is 2.13. The zero-order valence-electron chi connectivity index (χ0n) is 9.89. The van der Waals surface area contributed by atoms with E-state index in [4.69, 9.17) is 0 Å². The van der Waals surface area contributed by atoms with Crippen LogP contribution in [0.3, 0.4) is 0 Å². The van der Waals surface area contributed by atoms with Crippen molar-refractivity contribution in [3.63, 3.8) is 0 Å². The molecule has 0 atom stereocenters. The van der Waals surface area contributed by atoms with Crippen LogP contribution in [0.4, 0.5) is 0 Å². The lowest BCUT2D eigenvalue weighted by molar-refractivity contribution is 0.0992. The summed E-state index contributed by atoms with van der Waals surface area (Å²) >= 11 is 0. The minimum absolute atomic E-state index is 0.141. The molecule has 2 heteroatoms. The zero-order chi connectivity index (χ0) is 12.4. The Balaban J connectivity index is 1.86. The lowest BCUT2D eigenvalue weighted by atomic mass is 10.1. The van der Waals surface area contributed by atoms with Gasteiger partial charge in [0.1, 0.15) is 0 Å². The summed E-state index contributed by atoms with van der Waals surface area (Å²) in [5.74, 6) is 0.141. The third-order valence-corrected chi connectivity index (χ3v) is 3.03. The second kappa shape index (κ2) is 4.49. The fraction of sp³-hybridized carbons (Fsp3) is 0.0625. The van der Waals surface area contributed by atoms with Gasteiger partial charge in [-0.05, 0) is 17.5 Å². The van der Waals surface area contributed by atoms with Gasteiger partial charge in [-0.2, -0.15) is 0 Å². The summed E-state index contributed by atoms with van der Waals surface area (Å²) in [4.78, 5) is 15.3. The van der Waals surface area contributed by atoms with Crippen molar-refractivity contribution in [3.8, 4) is 0 Å². The molecule has 18 heavy (non-hydrogen) atoms.